The third-order valence-electron chi connectivity index (χ3n) is 6.02. The zero-order valence-corrected chi connectivity index (χ0v) is 13.4. The van der Waals surface area contributed by atoms with Gasteiger partial charge in [0.05, 0.1) is 12.3 Å². The van der Waals surface area contributed by atoms with Gasteiger partial charge in [-0.1, -0.05) is 0 Å². The van der Waals surface area contributed by atoms with Crippen LogP contribution in [0.2, 0.25) is 0 Å². The first-order valence-electron chi connectivity index (χ1n) is 8.64. The van der Waals surface area contributed by atoms with Crippen LogP contribution in [0.4, 0.5) is 5.88 Å². The highest BCUT2D eigenvalue weighted by Gasteiger charge is 2.48. The van der Waals surface area contributed by atoms with Crippen LogP contribution in [0.1, 0.15) is 44.3 Å². The molecule has 7 nitrogen and oxygen atoms in total. The summed E-state index contributed by atoms with van der Waals surface area (Å²) < 4.78 is 4.95. The summed E-state index contributed by atoms with van der Waals surface area (Å²) in [6, 6.07) is 2.71. The van der Waals surface area contributed by atoms with Gasteiger partial charge in [0.1, 0.15) is 4.92 Å². The van der Waals surface area contributed by atoms with Crippen LogP contribution < -0.4 is 5.43 Å². The fourth-order valence-corrected chi connectivity index (χ4v) is 5.31. The summed E-state index contributed by atoms with van der Waals surface area (Å²) in [4.78, 5) is 22.1. The van der Waals surface area contributed by atoms with Gasteiger partial charge >= 0.3 is 5.88 Å². The maximum atomic E-state index is 12.2. The second kappa shape index (κ2) is 6.03. The summed E-state index contributed by atoms with van der Waals surface area (Å²) in [5, 5.41) is 14.4. The number of hydrogen-bond acceptors (Lipinski definition) is 5. The van der Waals surface area contributed by atoms with E-state index in [2.05, 4.69) is 10.5 Å². The molecule has 4 fully saturated rings. The molecule has 128 valence electrons. The van der Waals surface area contributed by atoms with Crippen molar-refractivity contribution in [1.82, 2.24) is 5.43 Å². The Morgan fingerprint density at radius 3 is 2.50 bits per heavy atom. The number of nitrogens with one attached hydrogen (secondary N) is 1. The third-order valence-corrected chi connectivity index (χ3v) is 6.02. The molecule has 0 saturated heterocycles. The normalized spacial score (nSPS) is 33.9. The van der Waals surface area contributed by atoms with Crippen molar-refractivity contribution in [1.29, 1.82) is 0 Å². The van der Waals surface area contributed by atoms with E-state index in [1.165, 1.54) is 50.5 Å². The van der Waals surface area contributed by atoms with Crippen molar-refractivity contribution in [2.75, 3.05) is 0 Å². The van der Waals surface area contributed by atoms with Crippen LogP contribution in [0.25, 0.3) is 0 Å². The van der Waals surface area contributed by atoms with E-state index in [1.54, 1.807) is 0 Å². The van der Waals surface area contributed by atoms with Gasteiger partial charge in [-0.2, -0.15) is 5.10 Å². The molecule has 7 heteroatoms. The summed E-state index contributed by atoms with van der Waals surface area (Å²) in [5.41, 5.74) is 2.53. The lowest BCUT2D eigenvalue weighted by Gasteiger charge is -2.54. The molecule has 1 N–H and O–H groups in total. The number of rotatable bonds is 5. The minimum atomic E-state index is -0.609. The van der Waals surface area contributed by atoms with Gasteiger partial charge in [0, 0.05) is 6.42 Å². The topological polar surface area (TPSA) is 97.7 Å². The van der Waals surface area contributed by atoms with E-state index in [4.69, 9.17) is 4.42 Å². The van der Waals surface area contributed by atoms with E-state index in [0.29, 0.717) is 24.2 Å². The minimum absolute atomic E-state index is 0.0789. The van der Waals surface area contributed by atoms with E-state index in [-0.39, 0.29) is 17.6 Å². The first-order valence-corrected chi connectivity index (χ1v) is 8.64. The van der Waals surface area contributed by atoms with Crippen molar-refractivity contribution >= 4 is 18.0 Å². The molecular formula is C17H21N3O4. The number of amides is 1. The molecule has 0 aromatic carbocycles. The Hall–Kier alpha value is -2.18. The average Bonchev–Trinajstić information content (AvgIpc) is 2.99. The molecular weight excluding hydrogens is 310 g/mol. The zero-order valence-electron chi connectivity index (χ0n) is 13.4. The SMILES string of the molecule is O=C(CC1C2CC3CC(C2)CC1C3)N/N=C/c1ccc([N+](=O)[O-])o1. The Morgan fingerprint density at radius 2 is 1.92 bits per heavy atom. The molecule has 1 aromatic rings. The predicted molar refractivity (Wildman–Crippen MR) is 86.3 cm³/mol. The minimum Gasteiger partial charge on any atom is -0.400 e. The van der Waals surface area contributed by atoms with Gasteiger partial charge in [-0.15, -0.1) is 0 Å². The van der Waals surface area contributed by atoms with Crippen molar-refractivity contribution in [3.63, 3.8) is 0 Å². The van der Waals surface area contributed by atoms with Crippen molar-refractivity contribution in [2.24, 2.45) is 34.7 Å². The van der Waals surface area contributed by atoms with Crippen LogP contribution in [0.5, 0.6) is 0 Å². The van der Waals surface area contributed by atoms with Gasteiger partial charge in [0.15, 0.2) is 5.76 Å². The monoisotopic (exact) mass is 331 g/mol. The molecule has 5 rings (SSSR count). The van der Waals surface area contributed by atoms with Crippen LogP contribution in [0.3, 0.4) is 0 Å². The highest BCUT2D eigenvalue weighted by atomic mass is 16.6. The number of nitrogens with zero attached hydrogens (tertiary/aromatic N) is 2. The summed E-state index contributed by atoms with van der Waals surface area (Å²) in [6.45, 7) is 0. The molecule has 4 saturated carbocycles. The Balaban J connectivity index is 1.30. The summed E-state index contributed by atoms with van der Waals surface area (Å²) in [5.74, 6) is 3.56. The van der Waals surface area contributed by atoms with Crippen LogP contribution in [-0.2, 0) is 4.79 Å². The molecule has 0 spiro atoms. The van der Waals surface area contributed by atoms with Gasteiger partial charge in [-0.05, 0) is 67.8 Å². The molecule has 24 heavy (non-hydrogen) atoms. The summed E-state index contributed by atoms with van der Waals surface area (Å²) in [6.07, 6.45) is 8.42. The molecule has 1 heterocycles. The summed E-state index contributed by atoms with van der Waals surface area (Å²) in [7, 11) is 0. The van der Waals surface area contributed by atoms with Gasteiger partial charge < -0.3 is 4.42 Å². The van der Waals surface area contributed by atoms with E-state index in [0.717, 1.165) is 11.8 Å². The maximum Gasteiger partial charge on any atom is 0.433 e. The lowest BCUT2D eigenvalue weighted by Crippen LogP contribution is -2.46. The van der Waals surface area contributed by atoms with E-state index < -0.39 is 4.92 Å². The largest absolute Gasteiger partial charge is 0.433 e. The number of furan rings is 1. The third kappa shape index (κ3) is 2.95. The lowest BCUT2D eigenvalue weighted by molar-refractivity contribution is -0.402. The van der Waals surface area contributed by atoms with Gasteiger partial charge in [0.2, 0.25) is 5.91 Å². The van der Waals surface area contributed by atoms with Crippen LogP contribution in [-0.4, -0.2) is 17.0 Å². The second-order valence-corrected chi connectivity index (χ2v) is 7.52. The molecule has 4 aliphatic rings. The van der Waals surface area contributed by atoms with E-state index in [9.17, 15) is 14.9 Å². The fourth-order valence-electron chi connectivity index (χ4n) is 5.31. The van der Waals surface area contributed by atoms with Crippen molar-refractivity contribution in [3.8, 4) is 0 Å². The highest BCUT2D eigenvalue weighted by molar-refractivity contribution is 5.80. The Morgan fingerprint density at radius 1 is 1.25 bits per heavy atom. The first kappa shape index (κ1) is 15.4. The van der Waals surface area contributed by atoms with Crippen LogP contribution in [0, 0.1) is 39.7 Å². The number of hydrogen-bond donors (Lipinski definition) is 1. The highest BCUT2D eigenvalue weighted by Crippen LogP contribution is 2.57. The van der Waals surface area contributed by atoms with Crippen molar-refractivity contribution in [2.45, 2.75) is 38.5 Å². The van der Waals surface area contributed by atoms with Crippen LogP contribution in [0.15, 0.2) is 21.7 Å². The van der Waals surface area contributed by atoms with Gasteiger partial charge in [-0.3, -0.25) is 14.9 Å². The predicted octanol–water partition coefficient (Wildman–Crippen LogP) is 3.10. The quantitative estimate of drug-likeness (QED) is 0.509. The Labute approximate surface area is 139 Å². The Kier molecular flexibility index (Phi) is 3.86. The zero-order chi connectivity index (χ0) is 16.7. The number of carbonyl (C=O) groups excluding carboxylic acids is 1. The number of nitro groups is 1. The Bertz CT molecular complexity index is 653. The van der Waals surface area contributed by atoms with Gasteiger partial charge in [-0.25, -0.2) is 5.43 Å². The molecule has 0 unspecified atom stereocenters. The molecule has 0 radical (unpaired) electrons. The number of hydrazone groups is 1. The van der Waals surface area contributed by atoms with Crippen molar-refractivity contribution < 1.29 is 14.1 Å². The first-order chi connectivity index (χ1) is 11.6. The lowest BCUT2D eigenvalue weighted by atomic mass is 9.51. The van der Waals surface area contributed by atoms with E-state index >= 15 is 0 Å². The molecule has 1 aromatic heterocycles. The average molecular weight is 331 g/mol. The molecule has 4 bridgehead atoms. The smallest absolute Gasteiger partial charge is 0.400 e. The maximum absolute atomic E-state index is 12.2. The molecule has 0 atom stereocenters. The molecule has 0 aliphatic heterocycles. The van der Waals surface area contributed by atoms with Crippen molar-refractivity contribution in [3.05, 3.63) is 28.0 Å². The standard InChI is InChI=1S/C17H21N3O4/c21-16(19-18-9-14-1-2-17(24-14)20(22)23)8-15-12-4-10-3-11(6-12)7-13(15)5-10/h1-2,9-13,15H,3-8H2,(H,19,21)/b18-9+. The van der Waals surface area contributed by atoms with E-state index in [1.807, 2.05) is 0 Å². The fraction of sp³-hybridized carbons (Fsp3) is 0.647. The molecule has 1 amide bonds. The van der Waals surface area contributed by atoms with Crippen LogP contribution >= 0.6 is 0 Å². The second-order valence-electron chi connectivity index (χ2n) is 7.52. The molecule has 4 aliphatic carbocycles. The van der Waals surface area contributed by atoms with Gasteiger partial charge in [0.25, 0.3) is 0 Å². The number of carbonyl (C=O) groups is 1. The summed E-state index contributed by atoms with van der Waals surface area (Å²) >= 11 is 0.